The molecule has 1 aromatic heterocycles. The molecule has 28 heavy (non-hydrogen) atoms. The van der Waals surface area contributed by atoms with E-state index in [0.29, 0.717) is 6.54 Å². The second kappa shape index (κ2) is 6.81. The van der Waals surface area contributed by atoms with Crippen LogP contribution in [0.5, 0.6) is 0 Å². The standard InChI is InChI=1S/C22H19N3O3/c1-13-7-3-4-8-15(13)12-25-14(2)17(16-9-5-6-10-19(16)25)11-18-20(26)23-22(28)24-21(18)27/h3-11H,12H2,1-2H3,(H2,23,24,26,27,28). The number of fused-ring (bicyclic) bond motifs is 1. The Balaban J connectivity index is 1.87. The number of imide groups is 2. The number of nitrogens with zero attached hydrogens (tertiary/aromatic N) is 1. The Morgan fingerprint density at radius 1 is 0.893 bits per heavy atom. The molecule has 6 heteroatoms. The minimum Gasteiger partial charge on any atom is -0.340 e. The Morgan fingerprint density at radius 2 is 1.54 bits per heavy atom. The van der Waals surface area contributed by atoms with E-state index in [2.05, 4.69) is 34.3 Å². The van der Waals surface area contributed by atoms with Crippen molar-refractivity contribution in [2.24, 2.45) is 0 Å². The fourth-order valence-electron chi connectivity index (χ4n) is 3.55. The lowest BCUT2D eigenvalue weighted by atomic mass is 10.1. The van der Waals surface area contributed by atoms with Gasteiger partial charge < -0.3 is 4.57 Å². The number of carbonyl (C=O) groups excluding carboxylic acids is 3. The van der Waals surface area contributed by atoms with Gasteiger partial charge in [-0.2, -0.15) is 0 Å². The monoisotopic (exact) mass is 373 g/mol. The van der Waals surface area contributed by atoms with Crippen molar-refractivity contribution in [3.05, 3.63) is 76.5 Å². The topological polar surface area (TPSA) is 80.2 Å². The van der Waals surface area contributed by atoms with E-state index in [1.54, 1.807) is 6.08 Å². The Hall–Kier alpha value is -3.67. The number of barbiturate groups is 1. The van der Waals surface area contributed by atoms with E-state index < -0.39 is 17.8 Å². The van der Waals surface area contributed by atoms with Gasteiger partial charge in [0.05, 0.1) is 0 Å². The van der Waals surface area contributed by atoms with Crippen LogP contribution < -0.4 is 10.6 Å². The third kappa shape index (κ3) is 2.99. The number of aromatic nitrogens is 1. The summed E-state index contributed by atoms with van der Waals surface area (Å²) in [5.74, 6) is -1.38. The first-order valence-corrected chi connectivity index (χ1v) is 8.96. The molecule has 4 rings (SSSR count). The lowest BCUT2D eigenvalue weighted by Crippen LogP contribution is -2.51. The molecule has 0 spiro atoms. The number of hydrogen-bond donors (Lipinski definition) is 2. The van der Waals surface area contributed by atoms with Crippen LogP contribution in [0.1, 0.15) is 22.4 Å². The highest BCUT2D eigenvalue weighted by atomic mass is 16.2. The maximum absolute atomic E-state index is 12.1. The van der Waals surface area contributed by atoms with Crippen molar-refractivity contribution in [1.29, 1.82) is 0 Å². The molecule has 0 unspecified atom stereocenters. The highest BCUT2D eigenvalue weighted by molar-refractivity contribution is 6.31. The molecule has 3 aromatic rings. The summed E-state index contributed by atoms with van der Waals surface area (Å²) in [4.78, 5) is 35.6. The maximum Gasteiger partial charge on any atom is 0.328 e. The normalized spacial score (nSPS) is 14.2. The van der Waals surface area contributed by atoms with Crippen LogP contribution in [0.15, 0.2) is 54.1 Å². The zero-order valence-electron chi connectivity index (χ0n) is 15.6. The van der Waals surface area contributed by atoms with E-state index in [-0.39, 0.29) is 5.57 Å². The second-order valence-corrected chi connectivity index (χ2v) is 6.82. The first kappa shape index (κ1) is 17.7. The number of para-hydroxylation sites is 1. The number of amides is 4. The number of aryl methyl sites for hydroxylation is 1. The number of nitrogens with one attached hydrogen (secondary N) is 2. The molecule has 0 saturated carbocycles. The maximum atomic E-state index is 12.1. The molecule has 2 heterocycles. The molecule has 6 nitrogen and oxygen atoms in total. The summed E-state index contributed by atoms with van der Waals surface area (Å²) in [6, 6.07) is 15.3. The van der Waals surface area contributed by atoms with Crippen LogP contribution in [0.4, 0.5) is 4.79 Å². The third-order valence-corrected chi connectivity index (χ3v) is 5.10. The van der Waals surface area contributed by atoms with Gasteiger partial charge in [-0.25, -0.2) is 4.79 Å². The van der Waals surface area contributed by atoms with Crippen LogP contribution in [0.3, 0.4) is 0 Å². The third-order valence-electron chi connectivity index (χ3n) is 5.10. The summed E-state index contributed by atoms with van der Waals surface area (Å²) < 4.78 is 2.17. The largest absolute Gasteiger partial charge is 0.340 e. The molecule has 0 aliphatic carbocycles. The van der Waals surface area contributed by atoms with Crippen molar-refractivity contribution in [2.45, 2.75) is 20.4 Å². The molecule has 1 fully saturated rings. The van der Waals surface area contributed by atoms with Crippen molar-refractivity contribution in [2.75, 3.05) is 0 Å². The van der Waals surface area contributed by atoms with Crippen LogP contribution in [0, 0.1) is 13.8 Å². The van der Waals surface area contributed by atoms with Gasteiger partial charge in [0.25, 0.3) is 11.8 Å². The fraction of sp³-hybridized carbons (Fsp3) is 0.136. The van der Waals surface area contributed by atoms with Gasteiger partial charge in [-0.3, -0.25) is 20.2 Å². The minimum atomic E-state index is -0.800. The van der Waals surface area contributed by atoms with E-state index in [9.17, 15) is 14.4 Å². The molecule has 4 amide bonds. The summed E-state index contributed by atoms with van der Waals surface area (Å²) in [5, 5.41) is 5.18. The molecule has 2 N–H and O–H groups in total. The van der Waals surface area contributed by atoms with Crippen molar-refractivity contribution < 1.29 is 14.4 Å². The zero-order valence-corrected chi connectivity index (χ0v) is 15.6. The number of benzene rings is 2. The van der Waals surface area contributed by atoms with Gasteiger partial charge >= 0.3 is 6.03 Å². The highest BCUT2D eigenvalue weighted by Gasteiger charge is 2.28. The summed E-state index contributed by atoms with van der Waals surface area (Å²) in [7, 11) is 0. The van der Waals surface area contributed by atoms with Gasteiger partial charge in [0.1, 0.15) is 5.57 Å². The average molecular weight is 373 g/mol. The van der Waals surface area contributed by atoms with Gasteiger partial charge in [-0.15, -0.1) is 0 Å². The Labute approximate surface area is 161 Å². The van der Waals surface area contributed by atoms with Gasteiger partial charge in [-0.05, 0) is 37.1 Å². The summed E-state index contributed by atoms with van der Waals surface area (Å²) >= 11 is 0. The Kier molecular flexibility index (Phi) is 4.31. The molecule has 1 saturated heterocycles. The Bertz CT molecular complexity index is 1150. The van der Waals surface area contributed by atoms with Crippen LogP contribution in [-0.4, -0.2) is 22.4 Å². The summed E-state index contributed by atoms with van der Waals surface area (Å²) in [5.41, 5.74) is 5.06. The number of urea groups is 1. The fourth-order valence-corrected chi connectivity index (χ4v) is 3.55. The van der Waals surface area contributed by atoms with Crippen LogP contribution in [0.25, 0.3) is 17.0 Å². The van der Waals surface area contributed by atoms with Gasteiger partial charge in [-0.1, -0.05) is 42.5 Å². The number of rotatable bonds is 3. The lowest BCUT2D eigenvalue weighted by Gasteiger charge is -2.14. The molecule has 0 bridgehead atoms. The van der Waals surface area contributed by atoms with Crippen LogP contribution >= 0.6 is 0 Å². The van der Waals surface area contributed by atoms with E-state index in [4.69, 9.17) is 0 Å². The predicted octanol–water partition coefficient (Wildman–Crippen LogP) is 3.06. The van der Waals surface area contributed by atoms with E-state index in [1.807, 2.05) is 43.3 Å². The van der Waals surface area contributed by atoms with Crippen LogP contribution in [0.2, 0.25) is 0 Å². The number of hydrogen-bond acceptors (Lipinski definition) is 3. The highest BCUT2D eigenvalue weighted by Crippen LogP contribution is 2.29. The average Bonchev–Trinajstić information content (AvgIpc) is 2.92. The second-order valence-electron chi connectivity index (χ2n) is 6.82. The summed E-state index contributed by atoms with van der Waals surface area (Å²) in [6.07, 6.45) is 1.56. The molecule has 1 aliphatic rings. The van der Waals surface area contributed by atoms with E-state index in [0.717, 1.165) is 22.2 Å². The van der Waals surface area contributed by atoms with E-state index >= 15 is 0 Å². The van der Waals surface area contributed by atoms with Crippen molar-refractivity contribution in [1.82, 2.24) is 15.2 Å². The molecule has 0 radical (unpaired) electrons. The minimum absolute atomic E-state index is 0.0819. The van der Waals surface area contributed by atoms with Gasteiger partial charge in [0.15, 0.2) is 0 Å². The zero-order chi connectivity index (χ0) is 19.8. The van der Waals surface area contributed by atoms with Gasteiger partial charge in [0, 0.05) is 28.7 Å². The van der Waals surface area contributed by atoms with Crippen molar-refractivity contribution >= 4 is 34.8 Å². The first-order valence-electron chi connectivity index (χ1n) is 8.96. The SMILES string of the molecule is Cc1ccccc1Cn1c(C)c(C=C2C(=O)NC(=O)NC2=O)c2ccccc21. The number of carbonyl (C=O) groups is 3. The predicted molar refractivity (Wildman–Crippen MR) is 107 cm³/mol. The molecule has 140 valence electrons. The smallest absolute Gasteiger partial charge is 0.328 e. The molecular formula is C22H19N3O3. The van der Waals surface area contributed by atoms with Crippen molar-refractivity contribution in [3.63, 3.8) is 0 Å². The molecule has 0 atom stereocenters. The Morgan fingerprint density at radius 3 is 2.25 bits per heavy atom. The lowest BCUT2D eigenvalue weighted by molar-refractivity contribution is -0.123. The van der Waals surface area contributed by atoms with Gasteiger partial charge in [0.2, 0.25) is 0 Å². The van der Waals surface area contributed by atoms with Crippen LogP contribution in [-0.2, 0) is 16.1 Å². The van der Waals surface area contributed by atoms with Crippen molar-refractivity contribution in [3.8, 4) is 0 Å². The molecule has 1 aliphatic heterocycles. The quantitative estimate of drug-likeness (QED) is 0.547. The summed E-state index contributed by atoms with van der Waals surface area (Å²) in [6.45, 7) is 4.72. The molecular weight excluding hydrogens is 354 g/mol. The van der Waals surface area contributed by atoms with E-state index in [1.165, 1.54) is 11.1 Å². The molecule has 2 aromatic carbocycles. The first-order chi connectivity index (χ1) is 13.5.